The quantitative estimate of drug-likeness (QED) is 0.753. The Labute approximate surface area is 123 Å². The molecule has 0 saturated heterocycles. The van der Waals surface area contributed by atoms with Crippen LogP contribution in [0.2, 0.25) is 0 Å². The van der Waals surface area contributed by atoms with E-state index in [4.69, 9.17) is 0 Å². The Balaban J connectivity index is 1.58. The molecule has 1 N–H and O–H groups in total. The molecule has 0 spiro atoms. The molecule has 1 saturated carbocycles. The van der Waals surface area contributed by atoms with Gasteiger partial charge >= 0.3 is 0 Å². The smallest absolute Gasteiger partial charge is 0.140 e. The lowest BCUT2D eigenvalue weighted by Gasteiger charge is -2.04. The van der Waals surface area contributed by atoms with Gasteiger partial charge in [-0.15, -0.1) is 0 Å². The van der Waals surface area contributed by atoms with Crippen LogP contribution in [-0.2, 0) is 19.6 Å². The Morgan fingerprint density at radius 1 is 1.19 bits per heavy atom. The lowest BCUT2D eigenvalue weighted by molar-refractivity contribution is 0.540. The maximum atomic E-state index is 4.55. The van der Waals surface area contributed by atoms with Crippen LogP contribution >= 0.6 is 0 Å². The van der Waals surface area contributed by atoms with Crippen LogP contribution in [-0.4, -0.2) is 25.4 Å². The van der Waals surface area contributed by atoms with Gasteiger partial charge in [0.05, 0.1) is 6.54 Å². The molecule has 1 aliphatic rings. The number of fused-ring (bicyclic) bond motifs is 1. The van der Waals surface area contributed by atoms with E-state index in [0.29, 0.717) is 0 Å². The summed E-state index contributed by atoms with van der Waals surface area (Å²) in [5.74, 6) is 0. The van der Waals surface area contributed by atoms with Crippen molar-refractivity contribution in [3.8, 4) is 0 Å². The molecule has 3 aromatic rings. The van der Waals surface area contributed by atoms with E-state index in [1.165, 1.54) is 23.8 Å². The predicted octanol–water partition coefficient (Wildman–Crippen LogP) is 2.18. The van der Waals surface area contributed by atoms with E-state index in [2.05, 4.69) is 32.2 Å². The van der Waals surface area contributed by atoms with Crippen molar-refractivity contribution in [3.05, 3.63) is 48.5 Å². The third-order valence-corrected chi connectivity index (χ3v) is 4.00. The van der Waals surface area contributed by atoms with E-state index in [0.717, 1.165) is 31.3 Å². The van der Waals surface area contributed by atoms with Crippen LogP contribution < -0.4 is 5.32 Å². The van der Waals surface area contributed by atoms with Gasteiger partial charge in [0.2, 0.25) is 0 Å². The van der Waals surface area contributed by atoms with Crippen molar-refractivity contribution in [3.63, 3.8) is 0 Å². The molecule has 3 heterocycles. The van der Waals surface area contributed by atoms with Gasteiger partial charge in [0.25, 0.3) is 0 Å². The number of hydrogen-bond donors (Lipinski definition) is 1. The lowest BCUT2D eigenvalue weighted by atomic mass is 10.2. The zero-order chi connectivity index (χ0) is 14.1. The number of aromatic nitrogens is 4. The molecule has 1 fully saturated rings. The molecule has 108 valence electrons. The fourth-order valence-electron chi connectivity index (χ4n) is 2.69. The zero-order valence-corrected chi connectivity index (χ0v) is 11.9. The van der Waals surface area contributed by atoms with E-state index >= 15 is 0 Å². The Bertz CT molecular complexity index is 724. The van der Waals surface area contributed by atoms with E-state index in [1.54, 1.807) is 0 Å². The first kappa shape index (κ1) is 12.6. The zero-order valence-electron chi connectivity index (χ0n) is 11.9. The van der Waals surface area contributed by atoms with Gasteiger partial charge in [0.15, 0.2) is 0 Å². The van der Waals surface area contributed by atoms with Crippen LogP contribution in [0.5, 0.6) is 0 Å². The average Bonchev–Trinajstić information content (AvgIpc) is 3.08. The molecule has 0 atom stereocenters. The summed E-state index contributed by atoms with van der Waals surface area (Å²) >= 11 is 0. The Kier molecular flexibility index (Phi) is 3.20. The number of rotatable bonds is 6. The van der Waals surface area contributed by atoms with Crippen LogP contribution in [0.4, 0.5) is 0 Å². The molecule has 5 heteroatoms. The highest BCUT2D eigenvalue weighted by molar-refractivity contribution is 5.80. The third-order valence-electron chi connectivity index (χ3n) is 4.00. The Morgan fingerprint density at radius 3 is 2.95 bits per heavy atom. The third kappa shape index (κ3) is 2.69. The van der Waals surface area contributed by atoms with Crippen LogP contribution in [0.1, 0.15) is 18.4 Å². The summed E-state index contributed by atoms with van der Waals surface area (Å²) in [6.45, 7) is 2.68. The van der Waals surface area contributed by atoms with Crippen molar-refractivity contribution in [1.29, 1.82) is 0 Å². The van der Waals surface area contributed by atoms with Gasteiger partial charge < -0.3 is 9.88 Å². The summed E-state index contributed by atoms with van der Waals surface area (Å²) in [4.78, 5) is 4.55. The summed E-state index contributed by atoms with van der Waals surface area (Å²) in [6, 6.07) is 6.86. The molecule has 21 heavy (non-hydrogen) atoms. The van der Waals surface area contributed by atoms with Crippen molar-refractivity contribution in [2.75, 3.05) is 0 Å². The minimum Gasteiger partial charge on any atom is -0.330 e. The molecule has 0 amide bonds. The highest BCUT2D eigenvalue weighted by Crippen LogP contribution is 2.23. The van der Waals surface area contributed by atoms with Crippen molar-refractivity contribution < 1.29 is 0 Å². The predicted molar refractivity (Wildman–Crippen MR) is 81.8 cm³/mol. The normalized spacial score (nSPS) is 14.9. The Morgan fingerprint density at radius 2 is 2.14 bits per heavy atom. The molecular formula is C16H19N5. The number of hydrogen-bond acceptors (Lipinski definition) is 3. The number of nitrogens with one attached hydrogen (secondary N) is 1. The van der Waals surface area contributed by atoms with Crippen LogP contribution in [0.15, 0.2) is 43.0 Å². The minimum absolute atomic E-state index is 0.726. The molecule has 0 unspecified atom stereocenters. The number of nitrogens with zero attached hydrogens (tertiary/aromatic N) is 4. The van der Waals surface area contributed by atoms with Crippen molar-refractivity contribution in [2.24, 2.45) is 0 Å². The first-order valence-electron chi connectivity index (χ1n) is 7.54. The summed E-state index contributed by atoms with van der Waals surface area (Å²) < 4.78 is 4.19. The summed E-state index contributed by atoms with van der Waals surface area (Å²) in [6.07, 6.45) is 10.5. The van der Waals surface area contributed by atoms with Crippen LogP contribution in [0.25, 0.3) is 11.0 Å². The highest BCUT2D eigenvalue weighted by Gasteiger charge is 2.21. The molecular weight excluding hydrogens is 262 g/mol. The van der Waals surface area contributed by atoms with Crippen molar-refractivity contribution in [2.45, 2.75) is 38.5 Å². The second kappa shape index (κ2) is 5.33. The molecule has 1 aliphatic carbocycles. The average molecular weight is 281 g/mol. The molecule has 0 aromatic carbocycles. The van der Waals surface area contributed by atoms with Gasteiger partial charge in [-0.3, -0.25) is 4.68 Å². The molecule has 5 nitrogen and oxygen atoms in total. The summed E-state index contributed by atoms with van der Waals surface area (Å²) in [5.41, 5.74) is 2.41. The van der Waals surface area contributed by atoms with E-state index in [1.807, 2.05) is 35.4 Å². The van der Waals surface area contributed by atoms with E-state index in [9.17, 15) is 0 Å². The second-order valence-electron chi connectivity index (χ2n) is 5.65. The largest absolute Gasteiger partial charge is 0.330 e. The topological polar surface area (TPSA) is 47.7 Å². The molecule has 4 rings (SSSR count). The SMILES string of the molecule is c1cnc2c(c1)c(CNC1CC1)cn2CCn1cccn1. The lowest BCUT2D eigenvalue weighted by Crippen LogP contribution is -2.15. The fourth-order valence-corrected chi connectivity index (χ4v) is 2.69. The maximum absolute atomic E-state index is 4.55. The molecule has 0 aliphatic heterocycles. The first-order valence-corrected chi connectivity index (χ1v) is 7.54. The minimum atomic E-state index is 0.726. The molecule has 0 bridgehead atoms. The van der Waals surface area contributed by atoms with E-state index < -0.39 is 0 Å². The van der Waals surface area contributed by atoms with Gasteiger partial charge in [0.1, 0.15) is 5.65 Å². The second-order valence-corrected chi connectivity index (χ2v) is 5.65. The van der Waals surface area contributed by atoms with E-state index in [-0.39, 0.29) is 0 Å². The van der Waals surface area contributed by atoms with Gasteiger partial charge in [-0.1, -0.05) is 0 Å². The first-order chi connectivity index (χ1) is 10.4. The number of pyridine rings is 1. The monoisotopic (exact) mass is 281 g/mol. The number of aryl methyl sites for hydroxylation is 2. The highest BCUT2D eigenvalue weighted by atomic mass is 15.3. The summed E-state index contributed by atoms with van der Waals surface area (Å²) in [7, 11) is 0. The molecule has 0 radical (unpaired) electrons. The fraction of sp³-hybridized carbons (Fsp3) is 0.375. The van der Waals surface area contributed by atoms with Crippen molar-refractivity contribution >= 4 is 11.0 Å². The van der Waals surface area contributed by atoms with Gasteiger partial charge in [-0.25, -0.2) is 4.98 Å². The van der Waals surface area contributed by atoms with Crippen LogP contribution in [0, 0.1) is 0 Å². The Hall–Kier alpha value is -2.14. The maximum Gasteiger partial charge on any atom is 0.140 e. The van der Waals surface area contributed by atoms with Crippen molar-refractivity contribution in [1.82, 2.24) is 24.6 Å². The molecule has 3 aromatic heterocycles. The van der Waals surface area contributed by atoms with Gasteiger partial charge in [-0.2, -0.15) is 5.10 Å². The van der Waals surface area contributed by atoms with Gasteiger partial charge in [0, 0.05) is 49.3 Å². The van der Waals surface area contributed by atoms with Crippen LogP contribution in [0.3, 0.4) is 0 Å². The van der Waals surface area contributed by atoms with Gasteiger partial charge in [-0.05, 0) is 36.6 Å². The summed E-state index contributed by atoms with van der Waals surface area (Å²) in [5, 5.41) is 9.10. The standard InChI is InChI=1S/C16H19N5/c1-3-15-13(11-18-14-4-5-14)12-20(16(15)17-6-1)9-10-21-8-2-7-19-21/h1-3,6-8,12,14,18H,4-5,9-11H2.